The number of amides is 1. The van der Waals surface area contributed by atoms with E-state index in [0.717, 1.165) is 0 Å². The highest BCUT2D eigenvalue weighted by Crippen LogP contribution is 2.51. The van der Waals surface area contributed by atoms with Crippen molar-refractivity contribution in [3.8, 4) is 6.07 Å². The maximum Gasteiger partial charge on any atom is 0.320 e. The molecule has 2 unspecified atom stereocenters. The van der Waals surface area contributed by atoms with E-state index in [2.05, 4.69) is 0 Å². The second-order valence-electron chi connectivity index (χ2n) is 6.89. The van der Waals surface area contributed by atoms with E-state index in [0.29, 0.717) is 0 Å². The summed E-state index contributed by atoms with van der Waals surface area (Å²) < 4.78 is 26.1. The van der Waals surface area contributed by atoms with Crippen molar-refractivity contribution in [3.63, 3.8) is 0 Å². The molecule has 9 nitrogen and oxygen atoms in total. The molecule has 1 aliphatic heterocycles. The van der Waals surface area contributed by atoms with Gasteiger partial charge in [0.05, 0.1) is 22.8 Å². The Hall–Kier alpha value is -2.48. The molecule has 1 aromatic rings. The van der Waals surface area contributed by atoms with Crippen molar-refractivity contribution < 1.29 is 28.2 Å². The SMILES string of the molecule is N#CC1(C(N)=O)CC1N1C[C@H](S(=O)(=O)c2ccccc2CO)C[C@H]1C(=O)O. The summed E-state index contributed by atoms with van der Waals surface area (Å²) in [5, 5.41) is 27.2. The fourth-order valence-electron chi connectivity index (χ4n) is 3.81. The van der Waals surface area contributed by atoms with Crippen LogP contribution in [0.1, 0.15) is 18.4 Å². The van der Waals surface area contributed by atoms with Crippen molar-refractivity contribution in [1.29, 1.82) is 5.26 Å². The van der Waals surface area contributed by atoms with Gasteiger partial charge in [-0.25, -0.2) is 8.42 Å². The number of primary amides is 1. The van der Waals surface area contributed by atoms with Crippen molar-refractivity contribution in [2.75, 3.05) is 6.54 Å². The first-order valence-corrected chi connectivity index (χ1v) is 9.86. The van der Waals surface area contributed by atoms with E-state index >= 15 is 0 Å². The number of carbonyl (C=O) groups is 2. The number of aliphatic hydroxyl groups is 1. The molecule has 0 aromatic heterocycles. The maximum atomic E-state index is 13.0. The number of sulfone groups is 1. The van der Waals surface area contributed by atoms with E-state index in [4.69, 9.17) is 5.73 Å². The summed E-state index contributed by atoms with van der Waals surface area (Å²) in [5.41, 5.74) is 4.05. The van der Waals surface area contributed by atoms with E-state index in [1.807, 2.05) is 6.07 Å². The third-order valence-corrected chi connectivity index (χ3v) is 7.67. The summed E-state index contributed by atoms with van der Waals surface area (Å²) >= 11 is 0. The second kappa shape index (κ2) is 6.60. The average Bonchev–Trinajstić information content (AvgIpc) is 3.22. The minimum Gasteiger partial charge on any atom is -0.480 e. The van der Waals surface area contributed by atoms with Gasteiger partial charge >= 0.3 is 5.97 Å². The molecule has 0 bridgehead atoms. The molecule has 1 amide bonds. The van der Waals surface area contributed by atoms with Crippen LogP contribution in [-0.4, -0.2) is 59.3 Å². The van der Waals surface area contributed by atoms with Crippen LogP contribution in [0.4, 0.5) is 0 Å². The predicted octanol–water partition coefficient (Wildman–Crippen LogP) is -0.752. The fraction of sp³-hybridized carbons (Fsp3) is 0.471. The lowest BCUT2D eigenvalue weighted by Gasteiger charge is -2.22. The van der Waals surface area contributed by atoms with Crippen LogP contribution in [0.2, 0.25) is 0 Å². The monoisotopic (exact) mass is 393 g/mol. The standard InChI is InChI=1S/C17H19N3O6S/c18-9-17(16(19)24)6-14(17)20-7-11(5-12(20)15(22)23)27(25,26)13-4-2-1-3-10(13)8-21/h1-4,11-12,14,21H,5-8H2,(H2,19,24)(H,22,23)/t11-,12+,14?,17?/m1/s1. The summed E-state index contributed by atoms with van der Waals surface area (Å²) in [6.07, 6.45) is -0.0865. The highest BCUT2D eigenvalue weighted by atomic mass is 32.2. The summed E-state index contributed by atoms with van der Waals surface area (Å²) in [7, 11) is -3.91. The van der Waals surface area contributed by atoms with Crippen LogP contribution in [-0.2, 0) is 26.0 Å². The fourth-order valence-corrected chi connectivity index (χ4v) is 5.74. The Bertz CT molecular complexity index is 940. The molecule has 1 heterocycles. The normalized spacial score (nSPS) is 30.6. The summed E-state index contributed by atoms with van der Waals surface area (Å²) in [4.78, 5) is 24.6. The number of carboxylic acid groups (broad SMARTS) is 1. The van der Waals surface area contributed by atoms with Gasteiger partial charge in [0.2, 0.25) is 5.91 Å². The minimum absolute atomic E-state index is 0.0410. The number of nitrogens with two attached hydrogens (primary N) is 1. The quantitative estimate of drug-likeness (QED) is 0.568. The number of hydrogen-bond acceptors (Lipinski definition) is 7. The van der Waals surface area contributed by atoms with Gasteiger partial charge in [-0.15, -0.1) is 0 Å². The maximum absolute atomic E-state index is 13.0. The third-order valence-electron chi connectivity index (χ3n) is 5.44. The van der Waals surface area contributed by atoms with Gasteiger partial charge in [0, 0.05) is 12.6 Å². The van der Waals surface area contributed by atoms with Gasteiger partial charge in [-0.2, -0.15) is 5.26 Å². The van der Waals surface area contributed by atoms with Gasteiger partial charge < -0.3 is 15.9 Å². The number of benzene rings is 1. The number of likely N-dealkylation sites (tertiary alicyclic amines) is 1. The van der Waals surface area contributed by atoms with Gasteiger partial charge in [0.15, 0.2) is 15.3 Å². The number of rotatable bonds is 6. The molecule has 0 spiro atoms. The van der Waals surface area contributed by atoms with Gasteiger partial charge in [0.25, 0.3) is 0 Å². The molecule has 0 radical (unpaired) electrons. The van der Waals surface area contributed by atoms with Gasteiger partial charge in [0.1, 0.15) is 6.04 Å². The van der Waals surface area contributed by atoms with E-state index in [-0.39, 0.29) is 29.8 Å². The van der Waals surface area contributed by atoms with E-state index < -0.39 is 51.1 Å². The van der Waals surface area contributed by atoms with Crippen molar-refractivity contribution >= 4 is 21.7 Å². The molecule has 4 N–H and O–H groups in total. The molecule has 2 fully saturated rings. The lowest BCUT2D eigenvalue weighted by molar-refractivity contribution is -0.142. The smallest absolute Gasteiger partial charge is 0.320 e. The predicted molar refractivity (Wildman–Crippen MR) is 91.7 cm³/mol. The van der Waals surface area contributed by atoms with Crippen LogP contribution in [0, 0.1) is 16.7 Å². The topological polar surface area (TPSA) is 162 Å². The average molecular weight is 393 g/mol. The van der Waals surface area contributed by atoms with Crippen LogP contribution in [0.25, 0.3) is 0 Å². The number of hydrogen-bond donors (Lipinski definition) is 3. The lowest BCUT2D eigenvalue weighted by atomic mass is 10.1. The highest BCUT2D eigenvalue weighted by molar-refractivity contribution is 7.92. The number of aliphatic carboxylic acids is 1. The minimum atomic E-state index is -3.91. The van der Waals surface area contributed by atoms with Crippen molar-refractivity contribution in [1.82, 2.24) is 4.90 Å². The molecule has 144 valence electrons. The zero-order chi connectivity index (χ0) is 20.0. The molecule has 1 aliphatic carbocycles. The first-order chi connectivity index (χ1) is 12.7. The Morgan fingerprint density at radius 1 is 1.37 bits per heavy atom. The third kappa shape index (κ3) is 2.97. The molecule has 1 saturated carbocycles. The van der Waals surface area contributed by atoms with Crippen molar-refractivity contribution in [2.24, 2.45) is 11.1 Å². The molecule has 1 aromatic carbocycles. The van der Waals surface area contributed by atoms with Gasteiger partial charge in [-0.05, 0) is 24.5 Å². The molecule has 1 saturated heterocycles. The number of carbonyl (C=O) groups excluding carboxylic acids is 1. The lowest BCUT2D eigenvalue weighted by Crippen LogP contribution is -2.42. The number of nitrogens with zero attached hydrogens (tertiary/aromatic N) is 2. The summed E-state index contributed by atoms with van der Waals surface area (Å²) in [6.45, 7) is -0.587. The van der Waals surface area contributed by atoms with Crippen molar-refractivity contribution in [2.45, 2.75) is 41.7 Å². The summed E-state index contributed by atoms with van der Waals surface area (Å²) in [5.74, 6) is -2.05. The molecule has 27 heavy (non-hydrogen) atoms. The Kier molecular flexibility index (Phi) is 4.71. The molecule has 10 heteroatoms. The Balaban J connectivity index is 1.93. The molecule has 4 atom stereocenters. The second-order valence-corrected chi connectivity index (χ2v) is 9.08. The molecular weight excluding hydrogens is 374 g/mol. The molecular formula is C17H19N3O6S. The van der Waals surface area contributed by atoms with E-state index in [1.54, 1.807) is 6.07 Å². The Morgan fingerprint density at radius 3 is 2.56 bits per heavy atom. The van der Waals surface area contributed by atoms with Crippen LogP contribution in [0.15, 0.2) is 29.2 Å². The largest absolute Gasteiger partial charge is 0.480 e. The Labute approximate surface area is 155 Å². The number of carboxylic acids is 1. The first-order valence-electron chi connectivity index (χ1n) is 8.31. The van der Waals surface area contributed by atoms with Crippen LogP contribution in [0.5, 0.6) is 0 Å². The molecule has 2 aliphatic rings. The number of nitriles is 1. The van der Waals surface area contributed by atoms with Crippen LogP contribution >= 0.6 is 0 Å². The summed E-state index contributed by atoms with van der Waals surface area (Å²) in [6, 6.07) is 6.00. The van der Waals surface area contributed by atoms with Gasteiger partial charge in [-0.3, -0.25) is 14.5 Å². The van der Waals surface area contributed by atoms with Crippen LogP contribution in [0.3, 0.4) is 0 Å². The van der Waals surface area contributed by atoms with Gasteiger partial charge in [-0.1, -0.05) is 18.2 Å². The van der Waals surface area contributed by atoms with Crippen molar-refractivity contribution in [3.05, 3.63) is 29.8 Å². The zero-order valence-corrected chi connectivity index (χ0v) is 15.1. The highest BCUT2D eigenvalue weighted by Gasteiger charge is 2.66. The number of aliphatic hydroxyl groups excluding tert-OH is 1. The van der Waals surface area contributed by atoms with Crippen LogP contribution < -0.4 is 5.73 Å². The van der Waals surface area contributed by atoms with E-state index in [9.17, 15) is 33.5 Å². The Morgan fingerprint density at radius 2 is 2.04 bits per heavy atom. The molecule has 3 rings (SSSR count). The van der Waals surface area contributed by atoms with E-state index in [1.165, 1.54) is 23.1 Å². The zero-order valence-electron chi connectivity index (χ0n) is 14.3. The first kappa shape index (κ1) is 19.3.